The first-order chi connectivity index (χ1) is 17.6. The Bertz CT molecular complexity index is 1570. The van der Waals surface area contributed by atoms with Crippen LogP contribution in [0.5, 0.6) is 5.75 Å². The van der Waals surface area contributed by atoms with Crippen molar-refractivity contribution in [1.29, 1.82) is 0 Å². The molecule has 3 atom stereocenters. The highest BCUT2D eigenvalue weighted by atomic mass is 16.5. The van der Waals surface area contributed by atoms with Gasteiger partial charge in [0.25, 0.3) is 0 Å². The SMILES string of the molecule is COc1ccc(C2CC=C(c3cc(=O)c4ccccc4o3)C3C(=O)N(c4ccccc4)C(=O)C32)cc1. The molecule has 178 valence electrons. The quantitative estimate of drug-likeness (QED) is 0.379. The molecule has 0 radical (unpaired) electrons. The number of imide groups is 1. The van der Waals surface area contributed by atoms with Crippen molar-refractivity contribution < 1.29 is 18.7 Å². The Kier molecular flexibility index (Phi) is 5.29. The van der Waals surface area contributed by atoms with E-state index in [1.807, 2.05) is 36.4 Å². The van der Waals surface area contributed by atoms with Crippen LogP contribution in [0.3, 0.4) is 0 Å². The van der Waals surface area contributed by atoms with Crippen LogP contribution in [0.15, 0.2) is 100 Å². The largest absolute Gasteiger partial charge is 0.497 e. The van der Waals surface area contributed by atoms with Crippen molar-refractivity contribution in [2.24, 2.45) is 11.8 Å². The summed E-state index contributed by atoms with van der Waals surface area (Å²) in [5.41, 5.74) is 2.35. The smallest absolute Gasteiger partial charge is 0.242 e. The topological polar surface area (TPSA) is 76.8 Å². The molecule has 4 aromatic rings. The Morgan fingerprint density at radius 1 is 0.861 bits per heavy atom. The summed E-state index contributed by atoms with van der Waals surface area (Å²) in [6, 6.07) is 25.0. The van der Waals surface area contributed by atoms with Gasteiger partial charge in [-0.05, 0) is 48.4 Å². The minimum absolute atomic E-state index is 0.182. The molecule has 1 aliphatic heterocycles. The van der Waals surface area contributed by atoms with Crippen LogP contribution in [0.2, 0.25) is 0 Å². The predicted octanol–water partition coefficient (Wildman–Crippen LogP) is 5.18. The van der Waals surface area contributed by atoms with Gasteiger partial charge in [-0.2, -0.15) is 0 Å². The molecule has 1 saturated heterocycles. The lowest BCUT2D eigenvalue weighted by atomic mass is 9.70. The van der Waals surface area contributed by atoms with E-state index >= 15 is 0 Å². The van der Waals surface area contributed by atoms with Gasteiger partial charge in [0.15, 0.2) is 5.43 Å². The van der Waals surface area contributed by atoms with E-state index in [2.05, 4.69) is 0 Å². The van der Waals surface area contributed by atoms with Crippen LogP contribution < -0.4 is 15.1 Å². The van der Waals surface area contributed by atoms with Crippen molar-refractivity contribution in [1.82, 2.24) is 0 Å². The Balaban J connectivity index is 1.50. The zero-order valence-electron chi connectivity index (χ0n) is 19.6. The average molecular weight is 478 g/mol. The molecular weight excluding hydrogens is 454 g/mol. The number of methoxy groups -OCH3 is 1. The molecule has 6 heteroatoms. The number of carbonyl (C=O) groups excluding carboxylic acids is 2. The minimum atomic E-state index is -0.761. The molecule has 2 aliphatic rings. The van der Waals surface area contributed by atoms with Gasteiger partial charge in [0, 0.05) is 17.6 Å². The van der Waals surface area contributed by atoms with E-state index in [-0.39, 0.29) is 23.2 Å². The number of fused-ring (bicyclic) bond motifs is 2. The summed E-state index contributed by atoms with van der Waals surface area (Å²) in [6.45, 7) is 0. The maximum Gasteiger partial charge on any atom is 0.242 e. The van der Waals surface area contributed by atoms with E-state index < -0.39 is 11.8 Å². The van der Waals surface area contributed by atoms with E-state index in [4.69, 9.17) is 9.15 Å². The summed E-state index contributed by atoms with van der Waals surface area (Å²) in [4.78, 5) is 41.9. The standard InChI is InChI=1S/C30H23NO5/c1-35-20-13-11-18(12-14-20)21-15-16-23(26-17-24(32)22-9-5-6-10-25(22)36-26)28-27(21)29(33)31(30(28)34)19-7-3-2-4-8-19/h2-14,16-17,21,27-28H,15H2,1H3. The van der Waals surface area contributed by atoms with Crippen LogP contribution in [0.4, 0.5) is 5.69 Å². The number of allylic oxidation sites excluding steroid dienone is 1. The van der Waals surface area contributed by atoms with Gasteiger partial charge >= 0.3 is 0 Å². The molecule has 2 amide bonds. The maximum atomic E-state index is 13.9. The summed E-state index contributed by atoms with van der Waals surface area (Å²) in [7, 11) is 1.61. The number of anilines is 1. The number of hydrogen-bond acceptors (Lipinski definition) is 5. The Labute approximate surface area is 207 Å². The fourth-order valence-electron chi connectivity index (χ4n) is 5.48. The third-order valence-electron chi connectivity index (χ3n) is 7.19. The first-order valence-corrected chi connectivity index (χ1v) is 11.9. The third kappa shape index (κ3) is 3.45. The summed E-state index contributed by atoms with van der Waals surface area (Å²) in [5, 5.41) is 0.477. The van der Waals surface area contributed by atoms with E-state index in [1.165, 1.54) is 11.0 Å². The van der Waals surface area contributed by atoms with Crippen molar-refractivity contribution in [3.05, 3.63) is 113 Å². The lowest BCUT2D eigenvalue weighted by Crippen LogP contribution is -2.31. The van der Waals surface area contributed by atoms with Crippen LogP contribution >= 0.6 is 0 Å². The monoisotopic (exact) mass is 477 g/mol. The zero-order valence-corrected chi connectivity index (χ0v) is 19.6. The second-order valence-electron chi connectivity index (χ2n) is 9.10. The van der Waals surface area contributed by atoms with E-state index in [1.54, 1.807) is 55.6 Å². The molecule has 6 nitrogen and oxygen atoms in total. The van der Waals surface area contributed by atoms with Crippen LogP contribution in [0.1, 0.15) is 23.7 Å². The Hall–Kier alpha value is -4.45. The first-order valence-electron chi connectivity index (χ1n) is 11.9. The number of nitrogens with zero attached hydrogens (tertiary/aromatic N) is 1. The number of hydrogen-bond donors (Lipinski definition) is 0. The van der Waals surface area contributed by atoms with Crippen LogP contribution in [0, 0.1) is 11.8 Å². The lowest BCUT2D eigenvalue weighted by Gasteiger charge is -2.31. The van der Waals surface area contributed by atoms with Crippen LogP contribution in [-0.2, 0) is 9.59 Å². The predicted molar refractivity (Wildman–Crippen MR) is 137 cm³/mol. The van der Waals surface area contributed by atoms with Crippen molar-refractivity contribution in [2.75, 3.05) is 12.0 Å². The number of rotatable bonds is 4. The molecule has 36 heavy (non-hydrogen) atoms. The molecule has 0 N–H and O–H groups in total. The molecule has 1 aromatic heterocycles. The molecular formula is C30H23NO5. The molecule has 3 aromatic carbocycles. The van der Waals surface area contributed by atoms with Crippen molar-refractivity contribution in [3.8, 4) is 5.75 Å². The number of para-hydroxylation sites is 2. The molecule has 1 fully saturated rings. The highest BCUT2D eigenvalue weighted by Gasteiger charge is 2.55. The van der Waals surface area contributed by atoms with Gasteiger partial charge in [0.2, 0.25) is 11.8 Å². The molecule has 2 heterocycles. The fraction of sp³-hybridized carbons (Fsp3) is 0.167. The summed E-state index contributed by atoms with van der Waals surface area (Å²) in [5.74, 6) is -1.09. The number of ether oxygens (including phenoxy) is 1. The summed E-state index contributed by atoms with van der Waals surface area (Å²) >= 11 is 0. The van der Waals surface area contributed by atoms with Gasteiger partial charge in [-0.15, -0.1) is 0 Å². The maximum absolute atomic E-state index is 13.9. The third-order valence-corrected chi connectivity index (χ3v) is 7.19. The Morgan fingerprint density at radius 2 is 1.58 bits per heavy atom. The minimum Gasteiger partial charge on any atom is -0.497 e. The Morgan fingerprint density at radius 3 is 2.33 bits per heavy atom. The van der Waals surface area contributed by atoms with Crippen molar-refractivity contribution >= 4 is 34.0 Å². The van der Waals surface area contributed by atoms with Gasteiger partial charge in [0.05, 0.1) is 30.0 Å². The van der Waals surface area contributed by atoms with E-state index in [0.29, 0.717) is 34.4 Å². The second-order valence-corrected chi connectivity index (χ2v) is 9.10. The van der Waals surface area contributed by atoms with Crippen LogP contribution in [-0.4, -0.2) is 18.9 Å². The van der Waals surface area contributed by atoms with Gasteiger partial charge < -0.3 is 9.15 Å². The van der Waals surface area contributed by atoms with Gasteiger partial charge in [0.1, 0.15) is 17.1 Å². The molecule has 6 rings (SSSR count). The second kappa shape index (κ2) is 8.64. The number of carbonyl (C=O) groups is 2. The molecule has 3 unspecified atom stereocenters. The molecule has 0 bridgehead atoms. The van der Waals surface area contributed by atoms with Gasteiger partial charge in [-0.1, -0.05) is 48.5 Å². The average Bonchev–Trinajstić information content (AvgIpc) is 3.19. The summed E-state index contributed by atoms with van der Waals surface area (Å²) < 4.78 is 11.4. The lowest BCUT2D eigenvalue weighted by molar-refractivity contribution is -0.122. The molecule has 1 aliphatic carbocycles. The molecule has 0 spiro atoms. The zero-order chi connectivity index (χ0) is 24.8. The fourth-order valence-corrected chi connectivity index (χ4v) is 5.48. The number of amides is 2. The van der Waals surface area contributed by atoms with Gasteiger partial charge in [-0.25, -0.2) is 4.90 Å². The van der Waals surface area contributed by atoms with Crippen LogP contribution in [0.25, 0.3) is 16.5 Å². The van der Waals surface area contributed by atoms with Crippen molar-refractivity contribution in [3.63, 3.8) is 0 Å². The number of benzene rings is 3. The summed E-state index contributed by atoms with van der Waals surface area (Å²) in [6.07, 6.45) is 2.48. The highest BCUT2D eigenvalue weighted by Crippen LogP contribution is 2.50. The molecule has 0 saturated carbocycles. The van der Waals surface area contributed by atoms with Gasteiger partial charge in [-0.3, -0.25) is 14.4 Å². The van der Waals surface area contributed by atoms with E-state index in [9.17, 15) is 14.4 Å². The highest BCUT2D eigenvalue weighted by molar-refractivity contribution is 6.25. The van der Waals surface area contributed by atoms with Crippen molar-refractivity contribution in [2.45, 2.75) is 12.3 Å². The normalized spacial score (nSPS) is 21.4. The first kappa shape index (κ1) is 22.0. The van der Waals surface area contributed by atoms with E-state index in [0.717, 1.165) is 11.3 Å².